The first-order chi connectivity index (χ1) is 21.4. The van der Waals surface area contributed by atoms with E-state index in [2.05, 4.69) is 25.0 Å². The molecule has 4 aromatic heterocycles. The molecule has 0 aliphatic carbocycles. The lowest BCUT2D eigenvalue weighted by atomic mass is 10.1. The van der Waals surface area contributed by atoms with E-state index < -0.39 is 74.6 Å². The Bertz CT molecular complexity index is 1930. The number of H-pyrrole nitrogens is 1. The second kappa shape index (κ2) is 11.6. The molecule has 45 heavy (non-hydrogen) atoms. The Balaban J connectivity index is 1.18. The summed E-state index contributed by atoms with van der Waals surface area (Å²) in [6.45, 7) is -8.65. The number of imidazole rings is 1. The highest BCUT2D eigenvalue weighted by molar-refractivity contribution is 8.09. The average molecular weight is 706 g/mol. The number of hydrogen-bond acceptors (Lipinski definition) is 15. The number of nitrogens with zero attached hydrogens (tertiary/aromatic N) is 6. The van der Waals surface area contributed by atoms with Crippen LogP contribution in [0.2, 0.25) is 0 Å². The van der Waals surface area contributed by atoms with Gasteiger partial charge in [-0.1, -0.05) is 0 Å². The second-order valence-electron chi connectivity index (χ2n) is 10.5. The van der Waals surface area contributed by atoms with Gasteiger partial charge >= 0.3 is 6.72 Å². The minimum Gasteiger partial charge on any atom is -0.384 e. The number of nitrogen functional groups attached to an aromatic ring is 2. The van der Waals surface area contributed by atoms with E-state index in [1.54, 1.807) is 12.3 Å². The molecule has 3 fully saturated rings. The summed E-state index contributed by atoms with van der Waals surface area (Å²) < 4.78 is 53.6. The lowest BCUT2D eigenvalue weighted by Crippen LogP contribution is -2.34. The van der Waals surface area contributed by atoms with Gasteiger partial charge in [-0.25, -0.2) is 14.4 Å². The smallest absolute Gasteiger partial charge is 0.325 e. The first-order valence-corrected chi connectivity index (χ1v) is 18.8. The molecule has 7 heterocycles. The molecule has 23 heteroatoms. The molecule has 0 amide bonds. The number of halogens is 1. The predicted molar refractivity (Wildman–Crippen MR) is 161 cm³/mol. The molecule has 3 aliphatic heterocycles. The van der Waals surface area contributed by atoms with Crippen LogP contribution in [0, 0.1) is 0 Å². The van der Waals surface area contributed by atoms with Crippen molar-refractivity contribution >= 4 is 65.4 Å². The van der Waals surface area contributed by atoms with E-state index in [1.165, 1.54) is 21.6 Å². The molecule has 4 aromatic rings. The van der Waals surface area contributed by atoms with Crippen molar-refractivity contribution in [3.8, 4) is 0 Å². The number of aromatic amines is 1. The third-order valence-corrected chi connectivity index (χ3v) is 10.8. The summed E-state index contributed by atoms with van der Waals surface area (Å²) in [5.74, 6) is 0.153. The lowest BCUT2D eigenvalue weighted by molar-refractivity contribution is -0.0473. The number of hydrogen-bond donors (Lipinski definition) is 5. The summed E-state index contributed by atoms with van der Waals surface area (Å²) >= 11 is 10.6. The molecule has 3 aliphatic rings. The second-order valence-corrected chi connectivity index (χ2v) is 16.8. The van der Waals surface area contributed by atoms with Gasteiger partial charge in [0.1, 0.15) is 30.5 Å². The Labute approximate surface area is 262 Å². The van der Waals surface area contributed by atoms with Gasteiger partial charge in [-0.05, 0) is 29.7 Å². The summed E-state index contributed by atoms with van der Waals surface area (Å²) in [5, 5.41) is 4.28. The van der Waals surface area contributed by atoms with Crippen molar-refractivity contribution < 1.29 is 42.0 Å². The van der Waals surface area contributed by atoms with E-state index in [0.717, 1.165) is 0 Å². The van der Waals surface area contributed by atoms with Crippen LogP contribution in [-0.4, -0.2) is 94.1 Å². The summed E-state index contributed by atoms with van der Waals surface area (Å²) in [6.07, 6.45) is -4.27. The van der Waals surface area contributed by atoms with E-state index in [0.29, 0.717) is 17.0 Å². The van der Waals surface area contributed by atoms with Crippen molar-refractivity contribution in [2.24, 2.45) is 0 Å². The number of alkyl halides is 1. The van der Waals surface area contributed by atoms with Crippen LogP contribution in [0.1, 0.15) is 24.3 Å². The molecule has 0 aromatic carbocycles. The molecule has 0 spiro atoms. The number of nitrogens with two attached hydrogens (primary N) is 2. The Kier molecular flexibility index (Phi) is 8.03. The summed E-state index contributed by atoms with van der Waals surface area (Å²) in [6, 6.07) is 1.60. The van der Waals surface area contributed by atoms with Crippen molar-refractivity contribution in [2.45, 2.75) is 49.3 Å². The van der Waals surface area contributed by atoms with Gasteiger partial charge in [0.05, 0.1) is 37.9 Å². The van der Waals surface area contributed by atoms with Crippen LogP contribution in [0.3, 0.4) is 0 Å². The van der Waals surface area contributed by atoms with Crippen molar-refractivity contribution in [1.29, 1.82) is 0 Å². The minimum atomic E-state index is -4.18. The maximum atomic E-state index is 15.9. The van der Waals surface area contributed by atoms with E-state index in [1.807, 2.05) is 0 Å². The van der Waals surface area contributed by atoms with Crippen LogP contribution in [-0.2, 0) is 51.4 Å². The van der Waals surface area contributed by atoms with Crippen LogP contribution < -0.4 is 17.0 Å². The molecule has 0 radical (unpaired) electrons. The Morgan fingerprint density at radius 1 is 1.09 bits per heavy atom. The van der Waals surface area contributed by atoms with Gasteiger partial charge in [0.2, 0.25) is 12.4 Å². The quantitative estimate of drug-likeness (QED) is 0.177. The maximum absolute atomic E-state index is 15.9. The van der Waals surface area contributed by atoms with Crippen LogP contribution in [0.25, 0.3) is 16.8 Å². The predicted octanol–water partition coefficient (Wildman–Crippen LogP) is 0.386. The molecule has 18 nitrogen and oxygen atoms in total. The number of rotatable bonds is 2. The maximum Gasteiger partial charge on any atom is 0.325 e. The van der Waals surface area contributed by atoms with Crippen molar-refractivity contribution in [3.05, 3.63) is 40.7 Å². The summed E-state index contributed by atoms with van der Waals surface area (Å²) in [5.41, 5.74) is 12.0. The SMILES string of the molecule is Nc1nc2c(ncn2[C@@H]2O[C@@H]3COP(O)(=S)CO[C@H]4C[C@H](c5cnn6c(N)ccnc56)O[C@@H]4COP(O)(=S)O[C@@H]2[C@@H]3F)c(=O)[nH]1. The van der Waals surface area contributed by atoms with Gasteiger partial charge in [-0.3, -0.25) is 18.9 Å². The fourth-order valence-corrected chi connectivity index (χ4v) is 8.06. The van der Waals surface area contributed by atoms with Gasteiger partial charge in [0, 0.05) is 18.2 Å². The molecular formula is C22H26FN9O9P2S2. The van der Waals surface area contributed by atoms with Crippen LogP contribution >= 0.6 is 13.2 Å². The fourth-order valence-electron chi connectivity index (χ4n) is 5.46. The largest absolute Gasteiger partial charge is 0.384 e. The number of ether oxygens (including phenoxy) is 3. The monoisotopic (exact) mass is 705 g/mol. The third-order valence-electron chi connectivity index (χ3n) is 7.54. The number of fused-ring (bicyclic) bond motifs is 5. The van der Waals surface area contributed by atoms with Crippen molar-refractivity contribution in [2.75, 3.05) is 31.0 Å². The molecule has 7 rings (SSSR count). The molecule has 9 atom stereocenters. The van der Waals surface area contributed by atoms with Crippen molar-refractivity contribution in [1.82, 2.24) is 34.1 Å². The van der Waals surface area contributed by atoms with E-state index >= 15 is 4.39 Å². The van der Waals surface area contributed by atoms with E-state index in [9.17, 15) is 14.6 Å². The topological polar surface area (TPSA) is 242 Å². The normalized spacial score (nSPS) is 36.3. The zero-order valence-corrected chi connectivity index (χ0v) is 26.3. The van der Waals surface area contributed by atoms with Gasteiger partial charge in [-0.2, -0.15) is 14.6 Å². The van der Waals surface area contributed by atoms with Gasteiger partial charge in [0.15, 0.2) is 29.2 Å². The zero-order valence-electron chi connectivity index (χ0n) is 22.9. The molecule has 3 saturated heterocycles. The molecular weight excluding hydrogens is 679 g/mol. The van der Waals surface area contributed by atoms with Gasteiger partial charge < -0.3 is 44.5 Å². The first kappa shape index (κ1) is 31.1. The molecule has 2 unspecified atom stereocenters. The average Bonchev–Trinajstić information content (AvgIpc) is 3.75. The highest BCUT2D eigenvalue weighted by atomic mass is 32.5. The molecule has 7 N–H and O–H groups in total. The minimum absolute atomic E-state index is 0.0356. The van der Waals surface area contributed by atoms with Crippen LogP contribution in [0.4, 0.5) is 16.2 Å². The number of aromatic nitrogens is 7. The first-order valence-electron chi connectivity index (χ1n) is 13.4. The zero-order chi connectivity index (χ0) is 31.7. The van der Waals surface area contributed by atoms with Crippen molar-refractivity contribution in [3.63, 3.8) is 0 Å². The van der Waals surface area contributed by atoms with E-state index in [4.69, 9.17) is 62.9 Å². The standard InChI is InChI=1S/C22H26FN9O9P2S2/c23-15-13-6-37-42(34,44)8-36-11-3-10(9-4-28-32-14(24)1-2-26-18(9)32)39-12(11)5-38-43(35,45)41-17(15)21(40-13)31-7-27-16-19(31)29-22(25)30-20(16)33/h1-2,4,7,10-13,15,17,21H,3,5-6,8,24H2,(H,34,44)(H,35,45)(H3,25,29,30,33)/t10-,11+,12-,13-,15-,17-,21-,42?,43?/m1/s1. The fraction of sp³-hybridized carbons (Fsp3) is 0.500. The van der Waals surface area contributed by atoms with Gasteiger partial charge in [0.25, 0.3) is 5.56 Å². The van der Waals surface area contributed by atoms with E-state index in [-0.39, 0.29) is 30.1 Å². The third kappa shape index (κ3) is 5.92. The highest BCUT2D eigenvalue weighted by Crippen LogP contribution is 2.52. The number of nitrogens with one attached hydrogen (secondary N) is 1. The molecule has 0 saturated carbocycles. The molecule has 242 valence electrons. The Hall–Kier alpha value is -2.52. The number of anilines is 2. The summed E-state index contributed by atoms with van der Waals surface area (Å²) in [4.78, 5) is 49.1. The highest BCUT2D eigenvalue weighted by Gasteiger charge is 2.51. The lowest BCUT2D eigenvalue weighted by Gasteiger charge is -2.27. The molecule has 2 bridgehead atoms. The Morgan fingerprint density at radius 2 is 1.89 bits per heavy atom. The van der Waals surface area contributed by atoms with Crippen LogP contribution in [0.15, 0.2) is 29.6 Å². The van der Waals surface area contributed by atoms with Gasteiger partial charge in [-0.15, -0.1) is 0 Å². The summed E-state index contributed by atoms with van der Waals surface area (Å²) in [7, 11) is 0. The van der Waals surface area contributed by atoms with Crippen LogP contribution in [0.5, 0.6) is 0 Å². The Morgan fingerprint density at radius 3 is 2.71 bits per heavy atom.